The van der Waals surface area contributed by atoms with Crippen molar-refractivity contribution < 1.29 is 31.8 Å². The van der Waals surface area contributed by atoms with Gasteiger partial charge >= 0.3 is 6.18 Å². The summed E-state index contributed by atoms with van der Waals surface area (Å²) in [6.07, 6.45) is -4.56. The van der Waals surface area contributed by atoms with E-state index in [1.165, 1.54) is 17.8 Å². The van der Waals surface area contributed by atoms with Crippen LogP contribution in [0.1, 0.15) is 58.5 Å². The zero-order valence-corrected chi connectivity index (χ0v) is 27.1. The molecule has 0 fully saturated rings. The van der Waals surface area contributed by atoms with E-state index in [9.17, 15) is 18.0 Å². The fourth-order valence-corrected chi connectivity index (χ4v) is 5.85. The fraction of sp³-hybridized carbons (Fsp3) is 0.314. The quantitative estimate of drug-likeness (QED) is 0.0860. The van der Waals surface area contributed by atoms with Crippen molar-refractivity contribution in [3.8, 4) is 23.3 Å². The number of thioether (sulfide) groups is 1. The van der Waals surface area contributed by atoms with Crippen molar-refractivity contribution in [3.63, 3.8) is 0 Å². The lowest BCUT2D eigenvalue weighted by Crippen LogP contribution is -2.30. The molecule has 3 aromatic carbocycles. The van der Waals surface area contributed by atoms with Gasteiger partial charge in [0.15, 0.2) is 11.0 Å². The smallest absolute Gasteiger partial charge is 0.418 e. The van der Waals surface area contributed by atoms with E-state index in [0.29, 0.717) is 16.7 Å². The zero-order valence-electron chi connectivity index (χ0n) is 26.3. The minimum atomic E-state index is -4.96. The highest BCUT2D eigenvalue weighted by atomic mass is 32.2. The number of ether oxygens (including phenoxy) is 3. The van der Waals surface area contributed by atoms with Gasteiger partial charge in [0.1, 0.15) is 11.5 Å². The summed E-state index contributed by atoms with van der Waals surface area (Å²) >= 11 is 1.19. The number of halogens is 4. The Hall–Kier alpha value is -4.47. The number of methoxy groups -OCH3 is 2. The van der Waals surface area contributed by atoms with Crippen molar-refractivity contribution in [2.45, 2.75) is 56.9 Å². The Bertz CT molecular complexity index is 1800. The highest BCUT2D eigenvalue weighted by molar-refractivity contribution is 7.98. The van der Waals surface area contributed by atoms with Gasteiger partial charge in [-0.05, 0) is 47.7 Å². The molecular weight excluding hydrogens is 634 g/mol. The number of rotatable bonds is 9. The van der Waals surface area contributed by atoms with Crippen LogP contribution in [0.2, 0.25) is 0 Å². The molecule has 1 N–H and O–H groups in total. The molecule has 0 radical (unpaired) electrons. The van der Waals surface area contributed by atoms with Gasteiger partial charge in [0, 0.05) is 37.1 Å². The van der Waals surface area contributed by atoms with Crippen LogP contribution in [0.4, 0.5) is 23.2 Å². The monoisotopic (exact) mass is 667 g/mol. The summed E-state index contributed by atoms with van der Waals surface area (Å²) in [5.74, 6) is 5.56. The van der Waals surface area contributed by atoms with Crippen LogP contribution in [-0.4, -0.2) is 30.4 Å². The molecule has 12 heteroatoms. The molecule has 47 heavy (non-hydrogen) atoms. The van der Waals surface area contributed by atoms with Crippen LogP contribution in [0.5, 0.6) is 11.5 Å². The van der Waals surface area contributed by atoms with Crippen LogP contribution in [-0.2, 0) is 37.0 Å². The molecule has 1 aromatic heterocycles. The number of alkyl halides is 3. The second kappa shape index (κ2) is 14.5. The van der Waals surface area contributed by atoms with Crippen molar-refractivity contribution in [2.75, 3.05) is 25.4 Å². The normalized spacial score (nSPS) is 14.2. The van der Waals surface area contributed by atoms with Gasteiger partial charge in [0.2, 0.25) is 0 Å². The molecule has 1 aliphatic heterocycles. The minimum Gasteiger partial charge on any atom is -0.497 e. The Balaban J connectivity index is 1.70. The van der Waals surface area contributed by atoms with Crippen LogP contribution in [0.15, 0.2) is 64.5 Å². The summed E-state index contributed by atoms with van der Waals surface area (Å²) in [4.78, 5) is 21.4. The average molecular weight is 668 g/mol. The van der Waals surface area contributed by atoms with Gasteiger partial charge in [-0.25, -0.2) is 9.37 Å². The fourth-order valence-electron chi connectivity index (χ4n) is 5.45. The largest absolute Gasteiger partial charge is 0.497 e. The first kappa shape index (κ1) is 33.9. The van der Waals surface area contributed by atoms with Crippen LogP contribution in [0.3, 0.4) is 0 Å². The number of fused-ring (bicyclic) bond motifs is 1. The van der Waals surface area contributed by atoms with E-state index in [2.05, 4.69) is 21.8 Å². The minimum absolute atomic E-state index is 0.0712. The number of hydrogen-bond acceptors (Lipinski definition) is 7. The lowest BCUT2D eigenvalue weighted by Gasteiger charge is -2.32. The molecular formula is C35H33F4N3O4S. The Labute approximate surface area is 274 Å². The molecule has 1 unspecified atom stereocenters. The summed E-state index contributed by atoms with van der Waals surface area (Å²) in [5.41, 5.74) is -0.716. The topological polar surface area (TPSA) is 76.7 Å². The maximum absolute atomic E-state index is 17.0. The van der Waals surface area contributed by atoms with Gasteiger partial charge in [-0.3, -0.25) is 4.79 Å². The third kappa shape index (κ3) is 7.58. The molecule has 1 aliphatic rings. The predicted octanol–water partition coefficient (Wildman–Crippen LogP) is 7.45. The summed E-state index contributed by atoms with van der Waals surface area (Å²) in [5, 5.41) is 0.305. The summed E-state index contributed by atoms with van der Waals surface area (Å²) < 4.78 is 78.2. The molecule has 0 bridgehead atoms. The van der Waals surface area contributed by atoms with E-state index in [0.717, 1.165) is 11.1 Å². The van der Waals surface area contributed by atoms with Crippen molar-refractivity contribution >= 4 is 17.4 Å². The van der Waals surface area contributed by atoms with E-state index in [-0.39, 0.29) is 55.0 Å². The van der Waals surface area contributed by atoms with Crippen molar-refractivity contribution in [1.82, 2.24) is 9.97 Å². The van der Waals surface area contributed by atoms with Crippen molar-refractivity contribution in [3.05, 3.63) is 110 Å². The molecule has 0 saturated heterocycles. The predicted molar refractivity (Wildman–Crippen MR) is 172 cm³/mol. The van der Waals surface area contributed by atoms with E-state index >= 15 is 4.39 Å². The summed E-state index contributed by atoms with van der Waals surface area (Å²) in [6.45, 7) is 1.70. The van der Waals surface area contributed by atoms with E-state index in [4.69, 9.17) is 14.2 Å². The number of nitrogens with one attached hydrogen (secondary N) is 1. The molecule has 0 spiro atoms. The van der Waals surface area contributed by atoms with E-state index < -0.39 is 34.8 Å². The zero-order chi connectivity index (χ0) is 33.7. The van der Waals surface area contributed by atoms with Gasteiger partial charge in [-0.15, -0.1) is 0 Å². The maximum Gasteiger partial charge on any atom is 0.418 e. The van der Waals surface area contributed by atoms with E-state index in [1.807, 2.05) is 24.3 Å². The molecule has 4 aromatic rings. The van der Waals surface area contributed by atoms with Crippen LogP contribution in [0, 0.1) is 17.7 Å². The second-order valence-corrected chi connectivity index (χ2v) is 11.6. The van der Waals surface area contributed by atoms with Gasteiger partial charge in [-0.2, -0.15) is 13.2 Å². The third-order valence-corrected chi connectivity index (χ3v) is 8.35. The van der Waals surface area contributed by atoms with Crippen molar-refractivity contribution in [2.24, 2.45) is 0 Å². The SMILES string of the molecule is CCC#Cc1cc(N(Cc2ccc(OC)cc2)Cc2ccc(OC)cc2)c(F)c(C2Cc3nc(SC)[nH]c(=O)c3CO2)c1C(F)(F)F. The standard InChI is InChI=1S/C35H33F4N3O4S/c1-5-6-7-23-16-28(42(18-21-8-12-24(44-2)13-9-21)19-22-10-14-25(45-3)15-11-22)32(36)30(31(23)35(37,38)39)29-17-27-26(20-46-29)33(43)41-34(40-27)47-4/h8-16,29H,5,17-20H2,1-4H3,(H,40,41,43). The molecule has 246 valence electrons. The average Bonchev–Trinajstić information content (AvgIpc) is 3.07. The molecule has 7 nitrogen and oxygen atoms in total. The van der Waals surface area contributed by atoms with Gasteiger partial charge in [0.05, 0.1) is 49.4 Å². The Kier molecular flexibility index (Phi) is 10.5. The highest BCUT2D eigenvalue weighted by Crippen LogP contribution is 2.45. The first-order valence-corrected chi connectivity index (χ1v) is 16.0. The lowest BCUT2D eigenvalue weighted by atomic mass is 9.90. The first-order chi connectivity index (χ1) is 22.6. The number of aromatic nitrogens is 2. The number of anilines is 1. The molecule has 5 rings (SSSR count). The first-order valence-electron chi connectivity index (χ1n) is 14.8. The van der Waals surface area contributed by atoms with Crippen LogP contribution < -0.4 is 19.9 Å². The van der Waals surface area contributed by atoms with Crippen molar-refractivity contribution in [1.29, 1.82) is 0 Å². The van der Waals surface area contributed by atoms with E-state index in [1.54, 1.807) is 56.6 Å². The van der Waals surface area contributed by atoms with Gasteiger partial charge < -0.3 is 24.1 Å². The number of hydrogen-bond donors (Lipinski definition) is 1. The third-order valence-electron chi connectivity index (χ3n) is 7.77. The molecule has 2 heterocycles. The maximum atomic E-state index is 17.0. The molecule has 0 aliphatic carbocycles. The number of nitrogens with zero attached hydrogens (tertiary/aromatic N) is 2. The Morgan fingerprint density at radius 1 is 1.04 bits per heavy atom. The Morgan fingerprint density at radius 3 is 2.15 bits per heavy atom. The Morgan fingerprint density at radius 2 is 1.64 bits per heavy atom. The molecule has 1 atom stereocenters. The van der Waals surface area contributed by atoms with Gasteiger partial charge in [-0.1, -0.05) is 54.8 Å². The summed E-state index contributed by atoms with van der Waals surface area (Å²) in [7, 11) is 3.09. The lowest BCUT2D eigenvalue weighted by molar-refractivity contribution is -0.140. The number of benzene rings is 3. The highest BCUT2D eigenvalue weighted by Gasteiger charge is 2.42. The molecule has 0 saturated carbocycles. The number of aromatic amines is 1. The van der Waals surface area contributed by atoms with Crippen LogP contribution >= 0.6 is 11.8 Å². The molecule has 0 amide bonds. The number of H-pyrrole nitrogens is 1. The van der Waals surface area contributed by atoms with Crippen LogP contribution in [0.25, 0.3) is 0 Å². The van der Waals surface area contributed by atoms with Gasteiger partial charge in [0.25, 0.3) is 5.56 Å². The summed E-state index contributed by atoms with van der Waals surface area (Å²) in [6, 6.07) is 15.5. The second-order valence-electron chi connectivity index (χ2n) is 10.8.